The molecule has 0 radical (unpaired) electrons. The number of carbonyl (C=O) groups is 1. The zero-order valence-corrected chi connectivity index (χ0v) is 10.4. The Hall–Kier alpha value is -2.00. The number of para-hydroxylation sites is 1. The number of benzene rings is 1. The lowest BCUT2D eigenvalue weighted by molar-refractivity contribution is -0.0542. The first-order valence-electron chi connectivity index (χ1n) is 5.74. The van der Waals surface area contributed by atoms with Crippen LogP contribution >= 0.6 is 0 Å². The van der Waals surface area contributed by atoms with Gasteiger partial charge in [-0.25, -0.2) is 5.43 Å². The third-order valence-corrected chi connectivity index (χ3v) is 2.47. The number of aliphatic hydroxyl groups is 4. The Kier molecular flexibility index (Phi) is 6.07. The van der Waals surface area contributed by atoms with Crippen molar-refractivity contribution in [3.8, 4) is 5.75 Å². The van der Waals surface area contributed by atoms with Gasteiger partial charge in [0, 0.05) is 0 Å². The first-order chi connectivity index (χ1) is 9.47. The number of hydrogen-bond acceptors (Lipinski definition) is 7. The molecule has 3 unspecified atom stereocenters. The zero-order chi connectivity index (χ0) is 15.1. The molecule has 6 N–H and O–H groups in total. The number of hydrogen-bond donors (Lipinski definition) is 6. The molecule has 110 valence electrons. The van der Waals surface area contributed by atoms with Crippen molar-refractivity contribution in [2.45, 2.75) is 18.3 Å². The summed E-state index contributed by atoms with van der Waals surface area (Å²) in [6, 6.07) is 5.80. The van der Waals surface area contributed by atoms with Gasteiger partial charge < -0.3 is 25.5 Å². The zero-order valence-electron chi connectivity index (χ0n) is 10.4. The molecule has 0 saturated heterocycles. The number of phenolic OH excluding ortho intramolecular Hbond substituents is 1. The van der Waals surface area contributed by atoms with Gasteiger partial charge in [-0.05, 0) is 12.1 Å². The molecule has 0 fully saturated rings. The standard InChI is InChI=1S/C12H16N2O6/c15-6-10(18)11(19)9(17)5-13-14-12(20)7-3-1-2-4-8(7)16/h1-5,9-11,15-19H,6H2,(H,14,20)/b13-5+. The van der Waals surface area contributed by atoms with Gasteiger partial charge in [0.05, 0.1) is 18.4 Å². The summed E-state index contributed by atoms with van der Waals surface area (Å²) in [6.45, 7) is -0.726. The molecular weight excluding hydrogens is 268 g/mol. The number of rotatable bonds is 6. The average Bonchev–Trinajstić information content (AvgIpc) is 2.45. The van der Waals surface area contributed by atoms with E-state index in [1.165, 1.54) is 12.1 Å². The Balaban J connectivity index is 2.57. The number of phenols is 1. The molecular formula is C12H16N2O6. The van der Waals surface area contributed by atoms with Crippen LogP contribution < -0.4 is 5.43 Å². The van der Waals surface area contributed by atoms with E-state index in [1.54, 1.807) is 12.1 Å². The van der Waals surface area contributed by atoms with Crippen LogP contribution in [0.2, 0.25) is 0 Å². The molecule has 1 aromatic rings. The van der Waals surface area contributed by atoms with Gasteiger partial charge in [0.1, 0.15) is 24.1 Å². The molecule has 0 spiro atoms. The van der Waals surface area contributed by atoms with Crippen molar-refractivity contribution in [1.82, 2.24) is 5.43 Å². The van der Waals surface area contributed by atoms with E-state index in [0.717, 1.165) is 6.21 Å². The number of hydrazone groups is 1. The van der Waals surface area contributed by atoms with E-state index in [2.05, 4.69) is 5.10 Å². The maximum Gasteiger partial charge on any atom is 0.275 e. The van der Waals surface area contributed by atoms with E-state index in [9.17, 15) is 20.1 Å². The van der Waals surface area contributed by atoms with Crippen molar-refractivity contribution in [2.24, 2.45) is 5.10 Å². The molecule has 20 heavy (non-hydrogen) atoms. The first kappa shape index (κ1) is 16.1. The topological polar surface area (TPSA) is 143 Å². The van der Waals surface area contributed by atoms with Crippen LogP contribution in [0, 0.1) is 0 Å². The maximum absolute atomic E-state index is 11.6. The number of aliphatic hydroxyl groups excluding tert-OH is 4. The van der Waals surface area contributed by atoms with Crippen molar-refractivity contribution in [3.63, 3.8) is 0 Å². The van der Waals surface area contributed by atoms with Gasteiger partial charge >= 0.3 is 0 Å². The monoisotopic (exact) mass is 284 g/mol. The van der Waals surface area contributed by atoms with Gasteiger partial charge in [-0.1, -0.05) is 12.1 Å². The molecule has 0 aliphatic heterocycles. The minimum atomic E-state index is -1.63. The molecule has 8 heteroatoms. The second-order valence-electron chi connectivity index (χ2n) is 3.97. The molecule has 1 amide bonds. The van der Waals surface area contributed by atoms with E-state index in [4.69, 9.17) is 10.2 Å². The fourth-order valence-electron chi connectivity index (χ4n) is 1.32. The summed E-state index contributed by atoms with van der Waals surface area (Å²) < 4.78 is 0. The predicted molar refractivity (Wildman–Crippen MR) is 69.2 cm³/mol. The molecule has 0 heterocycles. The van der Waals surface area contributed by atoms with Crippen LogP contribution in [0.25, 0.3) is 0 Å². The SMILES string of the molecule is O=C(N/N=C/C(O)C(O)C(O)CO)c1ccccc1O. The summed E-state index contributed by atoms with van der Waals surface area (Å²) in [5.41, 5.74) is 2.03. The van der Waals surface area contributed by atoms with Gasteiger partial charge in [-0.2, -0.15) is 5.10 Å². The largest absolute Gasteiger partial charge is 0.507 e. The summed E-state index contributed by atoms with van der Waals surface area (Å²) in [5.74, 6) is -0.930. The quantitative estimate of drug-likeness (QED) is 0.268. The third kappa shape index (κ3) is 4.28. The van der Waals surface area contributed by atoms with Crippen molar-refractivity contribution >= 4 is 12.1 Å². The summed E-state index contributed by atoms with van der Waals surface area (Å²) in [6.07, 6.45) is -3.93. The molecule has 1 aromatic carbocycles. The van der Waals surface area contributed by atoms with Gasteiger partial charge in [-0.3, -0.25) is 4.79 Å². The lowest BCUT2D eigenvalue weighted by Crippen LogP contribution is -2.40. The van der Waals surface area contributed by atoms with Crippen molar-refractivity contribution in [3.05, 3.63) is 29.8 Å². The van der Waals surface area contributed by atoms with Gasteiger partial charge in [-0.15, -0.1) is 0 Å². The summed E-state index contributed by atoms with van der Waals surface area (Å²) in [7, 11) is 0. The fourth-order valence-corrected chi connectivity index (χ4v) is 1.32. The normalized spacial score (nSPS) is 15.8. The number of nitrogens with one attached hydrogen (secondary N) is 1. The van der Waals surface area contributed by atoms with Crippen molar-refractivity contribution in [2.75, 3.05) is 6.61 Å². The molecule has 0 bridgehead atoms. The highest BCUT2D eigenvalue weighted by Crippen LogP contribution is 2.14. The van der Waals surface area contributed by atoms with Crippen LogP contribution in [0.1, 0.15) is 10.4 Å². The van der Waals surface area contributed by atoms with E-state index in [1.807, 2.05) is 5.43 Å². The molecule has 0 aromatic heterocycles. The van der Waals surface area contributed by atoms with Crippen LogP contribution in [0.5, 0.6) is 5.75 Å². The summed E-state index contributed by atoms with van der Waals surface area (Å²) in [4.78, 5) is 11.6. The Bertz CT molecular complexity index is 479. The third-order valence-electron chi connectivity index (χ3n) is 2.47. The first-order valence-corrected chi connectivity index (χ1v) is 5.74. The van der Waals surface area contributed by atoms with Crippen LogP contribution in [-0.2, 0) is 0 Å². The fraction of sp³-hybridized carbons (Fsp3) is 0.333. The molecule has 0 saturated carbocycles. The van der Waals surface area contributed by atoms with Gasteiger partial charge in [0.15, 0.2) is 0 Å². The minimum Gasteiger partial charge on any atom is -0.507 e. The Labute approximate surface area is 114 Å². The smallest absolute Gasteiger partial charge is 0.275 e. The number of nitrogens with zero attached hydrogens (tertiary/aromatic N) is 1. The second kappa shape index (κ2) is 7.56. The number of aromatic hydroxyl groups is 1. The van der Waals surface area contributed by atoms with E-state index in [-0.39, 0.29) is 11.3 Å². The number of amides is 1. The maximum atomic E-state index is 11.6. The molecule has 8 nitrogen and oxygen atoms in total. The highest BCUT2D eigenvalue weighted by Gasteiger charge is 2.22. The Morgan fingerprint density at radius 1 is 1.30 bits per heavy atom. The molecule has 1 rings (SSSR count). The minimum absolute atomic E-state index is 0.00455. The summed E-state index contributed by atoms with van der Waals surface area (Å²) >= 11 is 0. The lowest BCUT2D eigenvalue weighted by Gasteiger charge is -2.17. The predicted octanol–water partition coefficient (Wildman–Crippen LogP) is -1.82. The van der Waals surface area contributed by atoms with Crippen LogP contribution in [-0.4, -0.2) is 62.6 Å². The highest BCUT2D eigenvalue weighted by molar-refractivity contribution is 5.96. The van der Waals surface area contributed by atoms with Crippen LogP contribution in [0.15, 0.2) is 29.4 Å². The number of carbonyl (C=O) groups excluding carboxylic acids is 1. The van der Waals surface area contributed by atoms with E-state index < -0.39 is 30.8 Å². The Morgan fingerprint density at radius 3 is 2.55 bits per heavy atom. The molecule has 3 atom stereocenters. The highest BCUT2D eigenvalue weighted by atomic mass is 16.4. The molecule has 0 aliphatic carbocycles. The van der Waals surface area contributed by atoms with E-state index in [0.29, 0.717) is 0 Å². The Morgan fingerprint density at radius 2 is 1.95 bits per heavy atom. The average molecular weight is 284 g/mol. The van der Waals surface area contributed by atoms with Crippen molar-refractivity contribution in [1.29, 1.82) is 0 Å². The lowest BCUT2D eigenvalue weighted by atomic mass is 10.1. The van der Waals surface area contributed by atoms with Crippen LogP contribution in [0.3, 0.4) is 0 Å². The summed E-state index contributed by atoms with van der Waals surface area (Å²) in [5, 5.41) is 49.2. The van der Waals surface area contributed by atoms with E-state index >= 15 is 0 Å². The van der Waals surface area contributed by atoms with Crippen LogP contribution in [0.4, 0.5) is 0 Å². The van der Waals surface area contributed by atoms with Gasteiger partial charge in [0.25, 0.3) is 5.91 Å². The van der Waals surface area contributed by atoms with Crippen molar-refractivity contribution < 1.29 is 30.3 Å². The molecule has 0 aliphatic rings. The van der Waals surface area contributed by atoms with Gasteiger partial charge in [0.2, 0.25) is 0 Å². The second-order valence-corrected chi connectivity index (χ2v) is 3.97.